The second-order valence-corrected chi connectivity index (χ2v) is 20.2. The fourth-order valence-electron chi connectivity index (χ4n) is 9.69. The van der Waals surface area contributed by atoms with Crippen LogP contribution in [0.15, 0.2) is 132 Å². The lowest BCUT2D eigenvalue weighted by Gasteiger charge is -2.31. The van der Waals surface area contributed by atoms with E-state index >= 15 is 4.79 Å². The SMILES string of the molecule is NC(=O)C[C@H](NC(=O)[C@H](CCCN=C(N)N)NC(=O)[C@@H]1CCCN1C(=O)[C@H](CCCN=C(N)N)NC(=O)[C@H](Cc1ccc(-c2ccccc2)cc1)NC(=O)[C@H](CCc1ccc2ccccc2c1)NC(=O)CCCc1cccnc1)C(N)=O. The number of carbonyl (C=O) groups is 8. The first-order valence-corrected chi connectivity index (χ1v) is 27.4. The molecule has 0 saturated carbocycles. The lowest BCUT2D eigenvalue weighted by Crippen LogP contribution is -2.59. The highest BCUT2D eigenvalue weighted by Crippen LogP contribution is 2.23. The molecule has 0 unspecified atom stereocenters. The van der Waals surface area contributed by atoms with Crippen molar-refractivity contribution in [3.63, 3.8) is 0 Å². The van der Waals surface area contributed by atoms with E-state index in [1.807, 2.05) is 109 Å². The Morgan fingerprint density at radius 2 is 1.16 bits per heavy atom. The fourth-order valence-corrected chi connectivity index (χ4v) is 9.69. The molecule has 1 aliphatic heterocycles. The van der Waals surface area contributed by atoms with Crippen molar-refractivity contribution >= 4 is 69.9 Å². The number of nitrogens with one attached hydrogen (secondary N) is 5. The van der Waals surface area contributed by atoms with Gasteiger partial charge in [-0.25, -0.2) is 0 Å². The van der Waals surface area contributed by atoms with Crippen molar-refractivity contribution in [3.05, 3.63) is 138 Å². The number of nitrogens with two attached hydrogens (primary N) is 6. The minimum absolute atomic E-state index is 0.00763. The maximum Gasteiger partial charge on any atom is 0.245 e. The van der Waals surface area contributed by atoms with Gasteiger partial charge in [0.15, 0.2) is 11.9 Å². The number of rotatable bonds is 31. The Hall–Kier alpha value is -9.41. The monoisotopic (exact) mass is 1120 g/mol. The predicted octanol–water partition coefficient (Wildman–Crippen LogP) is 0.983. The van der Waals surface area contributed by atoms with Crippen LogP contribution < -0.4 is 61.0 Å². The van der Waals surface area contributed by atoms with Crippen molar-refractivity contribution in [2.24, 2.45) is 44.4 Å². The average Bonchev–Trinajstić information content (AvgIpc) is 3.98. The highest BCUT2D eigenvalue weighted by molar-refractivity contribution is 5.98. The zero-order chi connectivity index (χ0) is 59.0. The number of guanidine groups is 2. The normalized spacial score (nSPS) is 14.6. The molecule has 4 aromatic carbocycles. The van der Waals surface area contributed by atoms with E-state index in [0.29, 0.717) is 31.2 Å². The minimum atomic E-state index is -1.48. The van der Waals surface area contributed by atoms with Gasteiger partial charge in [0.05, 0.1) is 6.42 Å². The number of pyridine rings is 1. The molecule has 23 nitrogen and oxygen atoms in total. The van der Waals surface area contributed by atoms with Crippen molar-refractivity contribution in [2.75, 3.05) is 19.6 Å². The van der Waals surface area contributed by atoms with Crippen molar-refractivity contribution in [2.45, 2.75) is 120 Å². The summed E-state index contributed by atoms with van der Waals surface area (Å²) in [5.74, 6) is -6.25. The Bertz CT molecular complexity index is 3040. The van der Waals surface area contributed by atoms with Gasteiger partial charge in [-0.1, -0.05) is 103 Å². The number of hydrogen-bond acceptors (Lipinski definition) is 11. The van der Waals surface area contributed by atoms with Crippen LogP contribution in [-0.2, 0) is 57.6 Å². The molecular weight excluding hydrogens is 1050 g/mol. The summed E-state index contributed by atoms with van der Waals surface area (Å²) in [6.45, 7) is 0.251. The van der Waals surface area contributed by atoms with Gasteiger partial charge in [0.1, 0.15) is 36.3 Å². The van der Waals surface area contributed by atoms with E-state index in [2.05, 4.69) is 41.6 Å². The highest BCUT2D eigenvalue weighted by Gasteiger charge is 2.40. The molecule has 23 heteroatoms. The summed E-state index contributed by atoms with van der Waals surface area (Å²) in [7, 11) is 0. The van der Waals surface area contributed by atoms with Gasteiger partial charge in [-0.3, -0.25) is 53.3 Å². The molecule has 2 heterocycles. The average molecular weight is 1120 g/mol. The lowest BCUT2D eigenvalue weighted by atomic mass is 9.98. The molecule has 6 rings (SSSR count). The molecule has 17 N–H and O–H groups in total. The first kappa shape index (κ1) is 61.8. The molecule has 1 aromatic heterocycles. The van der Waals surface area contributed by atoms with Gasteiger partial charge in [0.2, 0.25) is 47.3 Å². The van der Waals surface area contributed by atoms with Gasteiger partial charge in [-0.2, -0.15) is 0 Å². The van der Waals surface area contributed by atoms with Gasteiger partial charge in [0.25, 0.3) is 0 Å². The second-order valence-electron chi connectivity index (χ2n) is 20.2. The van der Waals surface area contributed by atoms with E-state index in [0.717, 1.165) is 33.0 Å². The molecule has 5 aromatic rings. The standard InChI is InChI=1S/C59H75N15O8/c60-50(75)35-47(52(61)77)72-53(78)44(17-8-30-67-58(62)63)70-56(81)49-19-10-32-74(49)57(82)46(18-9-31-68-59(64)65)71-55(80)48(34-38-22-26-42(27-23-38)40-13-2-1-3-14-40)73-54(79)45(69-51(76)20-6-11-39-12-7-29-66-36-39)28-24-37-21-25-41-15-4-5-16-43(41)33-37/h1-5,7,12-16,21-23,25-27,29,33,36,44-49H,6,8-11,17-20,24,28,30-32,34-35H2,(H2,60,75)(H2,61,77)(H,69,76)(H,70,81)(H,71,80)(H,72,78)(H,73,79)(H4,62,63,67)(H4,64,65,68)/t44-,45-,46-,47-,48-,49-/m0/s1. The van der Waals surface area contributed by atoms with Gasteiger partial charge in [-0.15, -0.1) is 0 Å². The Balaban J connectivity index is 1.27. The third-order valence-corrected chi connectivity index (χ3v) is 14.0. The molecule has 1 fully saturated rings. The largest absolute Gasteiger partial charge is 0.370 e. The molecule has 6 atom stereocenters. The molecule has 8 amide bonds. The third kappa shape index (κ3) is 19.7. The van der Waals surface area contributed by atoms with E-state index < -0.39 is 84.0 Å². The van der Waals surface area contributed by atoms with Crippen LogP contribution in [0, 0.1) is 0 Å². The number of benzene rings is 4. The van der Waals surface area contributed by atoms with Crippen LogP contribution in [-0.4, -0.2) is 125 Å². The van der Waals surface area contributed by atoms with E-state index in [-0.39, 0.29) is 88.8 Å². The number of aliphatic imine (C=N–C) groups is 2. The van der Waals surface area contributed by atoms with Crippen LogP contribution in [0.2, 0.25) is 0 Å². The van der Waals surface area contributed by atoms with Crippen molar-refractivity contribution in [1.29, 1.82) is 0 Å². The number of hydrogen-bond donors (Lipinski definition) is 11. The number of carbonyl (C=O) groups excluding carboxylic acids is 8. The zero-order valence-electron chi connectivity index (χ0n) is 45.8. The van der Waals surface area contributed by atoms with Gasteiger partial charge < -0.3 is 65.9 Å². The quantitative estimate of drug-likeness (QED) is 0.0168. The number of primary amides is 2. The fraction of sp³-hybridized carbons (Fsp3) is 0.373. The summed E-state index contributed by atoms with van der Waals surface area (Å²) in [6, 6.07) is 27.3. The summed E-state index contributed by atoms with van der Waals surface area (Å²) in [6.07, 6.45) is 5.45. The molecular formula is C59H75N15O8. The van der Waals surface area contributed by atoms with Gasteiger partial charge in [0, 0.05) is 44.9 Å². The van der Waals surface area contributed by atoms with E-state index in [9.17, 15) is 33.6 Å². The molecule has 0 spiro atoms. The first-order chi connectivity index (χ1) is 39.4. The Morgan fingerprint density at radius 1 is 0.561 bits per heavy atom. The Kier molecular flexibility index (Phi) is 23.7. The van der Waals surface area contributed by atoms with Gasteiger partial charge in [-0.05, 0) is 109 Å². The number of amides is 8. The first-order valence-electron chi connectivity index (χ1n) is 27.4. The number of nitrogens with zero attached hydrogens (tertiary/aromatic N) is 4. The van der Waals surface area contributed by atoms with E-state index in [1.165, 1.54) is 4.90 Å². The smallest absolute Gasteiger partial charge is 0.245 e. The van der Waals surface area contributed by atoms with E-state index in [4.69, 9.17) is 34.4 Å². The van der Waals surface area contributed by atoms with E-state index in [1.54, 1.807) is 12.4 Å². The van der Waals surface area contributed by atoms with Crippen molar-refractivity contribution in [3.8, 4) is 11.1 Å². The Morgan fingerprint density at radius 3 is 1.80 bits per heavy atom. The van der Waals surface area contributed by atoms with Crippen LogP contribution in [0.3, 0.4) is 0 Å². The lowest BCUT2D eigenvalue weighted by molar-refractivity contribution is -0.142. The molecule has 0 radical (unpaired) electrons. The molecule has 0 bridgehead atoms. The van der Waals surface area contributed by atoms with Crippen LogP contribution in [0.25, 0.3) is 21.9 Å². The highest BCUT2D eigenvalue weighted by atomic mass is 16.2. The Labute approximate surface area is 476 Å². The summed E-state index contributed by atoms with van der Waals surface area (Å²) >= 11 is 0. The van der Waals surface area contributed by atoms with Crippen molar-refractivity contribution < 1.29 is 38.4 Å². The summed E-state index contributed by atoms with van der Waals surface area (Å²) in [5.41, 5.74) is 37.5. The maximum absolute atomic E-state index is 15.0. The predicted molar refractivity (Wildman–Crippen MR) is 312 cm³/mol. The maximum atomic E-state index is 15.0. The van der Waals surface area contributed by atoms with Crippen molar-refractivity contribution in [1.82, 2.24) is 36.5 Å². The second kappa shape index (κ2) is 31.4. The van der Waals surface area contributed by atoms with Crippen LogP contribution in [0.1, 0.15) is 80.9 Å². The molecule has 434 valence electrons. The molecule has 1 aliphatic rings. The van der Waals surface area contributed by atoms with Crippen LogP contribution in [0.4, 0.5) is 0 Å². The summed E-state index contributed by atoms with van der Waals surface area (Å²) < 4.78 is 0. The number of aryl methyl sites for hydroxylation is 2. The molecule has 0 aliphatic carbocycles. The molecule has 1 saturated heterocycles. The summed E-state index contributed by atoms with van der Waals surface area (Å²) in [4.78, 5) is 124. The topological polar surface area (TPSA) is 394 Å². The number of likely N-dealkylation sites (tertiary alicyclic amines) is 1. The molecule has 82 heavy (non-hydrogen) atoms. The van der Waals surface area contributed by atoms with Crippen LogP contribution in [0.5, 0.6) is 0 Å². The van der Waals surface area contributed by atoms with Crippen LogP contribution >= 0.6 is 0 Å². The summed E-state index contributed by atoms with van der Waals surface area (Å²) in [5, 5.41) is 15.9. The number of fused-ring (bicyclic) bond motifs is 1. The minimum Gasteiger partial charge on any atom is -0.370 e. The van der Waals surface area contributed by atoms with Gasteiger partial charge >= 0.3 is 0 Å². The number of aromatic nitrogens is 1. The third-order valence-electron chi connectivity index (χ3n) is 14.0. The zero-order valence-corrected chi connectivity index (χ0v) is 45.8.